The number of aromatic nitrogens is 1. The Morgan fingerprint density at radius 2 is 2.09 bits per heavy atom. The van der Waals surface area contributed by atoms with E-state index in [2.05, 4.69) is 43.0 Å². The lowest BCUT2D eigenvalue weighted by molar-refractivity contribution is 0.414. The molecule has 0 aromatic carbocycles. The highest BCUT2D eigenvalue weighted by Gasteiger charge is 2.25. The molecule has 0 aliphatic heterocycles. The maximum Gasteiger partial charge on any atom is 0.234 e. The number of hydrogen-bond acceptors (Lipinski definition) is 1. The van der Waals surface area contributed by atoms with Crippen molar-refractivity contribution in [3.05, 3.63) is 18.3 Å². The van der Waals surface area contributed by atoms with Gasteiger partial charge < -0.3 is 8.99 Å². The molecule has 3 heteroatoms. The quantitative estimate of drug-likeness (QED) is 0.604. The normalized spacial score (nSPS) is 12.0. The van der Waals surface area contributed by atoms with Gasteiger partial charge in [-0.2, -0.15) is 0 Å². The molecule has 0 fully saturated rings. The molecule has 0 amide bonds. The Hall–Kier alpha value is -0.543. The first-order valence-electron chi connectivity index (χ1n) is 3.75. The molecule has 1 heterocycles. The summed E-state index contributed by atoms with van der Waals surface area (Å²) in [5.74, 6) is 0. The van der Waals surface area contributed by atoms with E-state index >= 15 is 0 Å². The summed E-state index contributed by atoms with van der Waals surface area (Å²) in [5, 5.41) is 1.33. The molecule has 1 rings (SSSR count). The van der Waals surface area contributed by atoms with Gasteiger partial charge in [-0.3, -0.25) is 0 Å². The van der Waals surface area contributed by atoms with Crippen molar-refractivity contribution in [3.8, 4) is 0 Å². The van der Waals surface area contributed by atoms with Gasteiger partial charge in [0, 0.05) is 25.7 Å². The molecule has 0 radical (unpaired) electrons. The average molecular weight is 169 g/mol. The Balaban J connectivity index is 3.00. The van der Waals surface area contributed by atoms with Crippen LogP contribution in [0.4, 0.5) is 0 Å². The highest BCUT2D eigenvalue weighted by Crippen LogP contribution is 2.02. The van der Waals surface area contributed by atoms with Gasteiger partial charge in [-0.25, -0.2) is 0 Å². The lowest BCUT2D eigenvalue weighted by atomic mass is 10.7. The third kappa shape index (κ3) is 1.54. The second-order valence-corrected chi connectivity index (χ2v) is 7.16. The molecule has 0 atom stereocenters. The summed E-state index contributed by atoms with van der Waals surface area (Å²) in [4.78, 5) is 0. The van der Waals surface area contributed by atoms with Crippen LogP contribution in [-0.2, 0) is 11.5 Å². The van der Waals surface area contributed by atoms with Crippen molar-refractivity contribution in [2.45, 2.75) is 13.1 Å². The van der Waals surface area contributed by atoms with Crippen molar-refractivity contribution in [2.24, 2.45) is 7.05 Å². The lowest BCUT2D eigenvalue weighted by Crippen LogP contribution is -2.47. The van der Waals surface area contributed by atoms with Gasteiger partial charge in [0.05, 0.1) is 0 Å². The molecule has 0 saturated carbocycles. The standard InChI is InChI=1S/C8H15NOSi/c1-9-7-5-6-8(9)11(3,4)10-2/h5-7H,1-4H3. The largest absolute Gasteiger partial charge is 0.415 e. The van der Waals surface area contributed by atoms with Gasteiger partial charge in [-0.05, 0) is 25.2 Å². The molecule has 0 bridgehead atoms. The van der Waals surface area contributed by atoms with Crippen LogP contribution in [0, 0.1) is 0 Å². The fourth-order valence-corrected chi connectivity index (χ4v) is 2.82. The third-order valence-electron chi connectivity index (χ3n) is 2.07. The number of hydrogen-bond donors (Lipinski definition) is 0. The number of rotatable bonds is 2. The van der Waals surface area contributed by atoms with Crippen molar-refractivity contribution in [3.63, 3.8) is 0 Å². The minimum absolute atomic E-state index is 1.33. The van der Waals surface area contributed by atoms with Crippen LogP contribution < -0.4 is 5.32 Å². The monoisotopic (exact) mass is 169 g/mol. The smallest absolute Gasteiger partial charge is 0.234 e. The van der Waals surface area contributed by atoms with E-state index in [-0.39, 0.29) is 0 Å². The first kappa shape index (κ1) is 8.55. The predicted octanol–water partition coefficient (Wildman–Crippen LogP) is 1.08. The van der Waals surface area contributed by atoms with E-state index in [0.717, 1.165) is 0 Å². The summed E-state index contributed by atoms with van der Waals surface area (Å²) in [6, 6.07) is 4.19. The molecular weight excluding hydrogens is 154 g/mol. The molecule has 0 N–H and O–H groups in total. The van der Waals surface area contributed by atoms with E-state index in [1.807, 2.05) is 0 Å². The molecule has 0 spiro atoms. The molecule has 1 aromatic rings. The van der Waals surface area contributed by atoms with Gasteiger partial charge in [0.25, 0.3) is 0 Å². The third-order valence-corrected chi connectivity index (χ3v) is 4.84. The minimum Gasteiger partial charge on any atom is -0.415 e. The van der Waals surface area contributed by atoms with Crippen LogP contribution in [0.25, 0.3) is 0 Å². The van der Waals surface area contributed by atoms with Crippen molar-refractivity contribution >= 4 is 13.6 Å². The van der Waals surface area contributed by atoms with E-state index in [1.54, 1.807) is 7.11 Å². The summed E-state index contributed by atoms with van der Waals surface area (Å²) in [7, 11) is 2.27. The number of nitrogens with zero attached hydrogens (tertiary/aromatic N) is 1. The zero-order valence-electron chi connectivity index (χ0n) is 7.59. The van der Waals surface area contributed by atoms with Gasteiger partial charge in [0.15, 0.2) is 0 Å². The molecule has 2 nitrogen and oxygen atoms in total. The predicted molar refractivity (Wildman–Crippen MR) is 49.5 cm³/mol. The Kier molecular flexibility index (Phi) is 2.20. The van der Waals surface area contributed by atoms with Crippen LogP contribution >= 0.6 is 0 Å². The van der Waals surface area contributed by atoms with E-state index < -0.39 is 8.32 Å². The molecule has 0 aliphatic rings. The van der Waals surface area contributed by atoms with E-state index in [0.29, 0.717) is 0 Å². The number of aryl methyl sites for hydroxylation is 1. The fraction of sp³-hybridized carbons (Fsp3) is 0.500. The Labute approximate surface area is 68.9 Å². The highest BCUT2D eigenvalue weighted by atomic mass is 28.4. The molecule has 11 heavy (non-hydrogen) atoms. The Morgan fingerprint density at radius 1 is 1.45 bits per heavy atom. The molecule has 0 saturated heterocycles. The first-order valence-corrected chi connectivity index (χ1v) is 6.65. The van der Waals surface area contributed by atoms with E-state index in [1.165, 1.54) is 5.32 Å². The zero-order valence-corrected chi connectivity index (χ0v) is 8.59. The minimum atomic E-state index is -1.58. The van der Waals surface area contributed by atoms with Crippen LogP contribution in [0.15, 0.2) is 18.3 Å². The second kappa shape index (κ2) is 2.83. The average Bonchev–Trinajstić information content (AvgIpc) is 2.36. The fourth-order valence-electron chi connectivity index (χ4n) is 1.19. The summed E-state index contributed by atoms with van der Waals surface area (Å²) in [6.07, 6.45) is 2.06. The highest BCUT2D eigenvalue weighted by molar-refractivity contribution is 6.83. The zero-order chi connectivity index (χ0) is 8.48. The summed E-state index contributed by atoms with van der Waals surface area (Å²) < 4.78 is 7.62. The van der Waals surface area contributed by atoms with Gasteiger partial charge in [-0.15, -0.1) is 0 Å². The molecule has 0 aliphatic carbocycles. The SMILES string of the molecule is CO[Si](C)(C)c1cccn1C. The first-order chi connectivity index (χ1) is 5.08. The van der Waals surface area contributed by atoms with Crippen LogP contribution in [0.3, 0.4) is 0 Å². The topological polar surface area (TPSA) is 14.2 Å². The maximum atomic E-state index is 5.48. The maximum absolute atomic E-state index is 5.48. The summed E-state index contributed by atoms with van der Waals surface area (Å²) in [6.45, 7) is 4.39. The second-order valence-electron chi connectivity index (χ2n) is 3.22. The van der Waals surface area contributed by atoms with Crippen molar-refractivity contribution in [1.82, 2.24) is 4.57 Å². The van der Waals surface area contributed by atoms with Crippen LogP contribution in [0.5, 0.6) is 0 Å². The van der Waals surface area contributed by atoms with Crippen molar-refractivity contribution in [2.75, 3.05) is 7.11 Å². The van der Waals surface area contributed by atoms with Crippen molar-refractivity contribution in [1.29, 1.82) is 0 Å². The van der Waals surface area contributed by atoms with Crippen molar-refractivity contribution < 1.29 is 4.43 Å². The van der Waals surface area contributed by atoms with Gasteiger partial charge in [0.2, 0.25) is 8.32 Å². The molecule has 0 unspecified atom stereocenters. The Bertz CT molecular complexity index is 242. The molecule has 1 aromatic heterocycles. The lowest BCUT2D eigenvalue weighted by Gasteiger charge is -2.20. The van der Waals surface area contributed by atoms with Crippen LogP contribution in [-0.4, -0.2) is 20.0 Å². The van der Waals surface area contributed by atoms with E-state index in [4.69, 9.17) is 4.43 Å². The summed E-state index contributed by atoms with van der Waals surface area (Å²) >= 11 is 0. The van der Waals surface area contributed by atoms with Gasteiger partial charge in [0.1, 0.15) is 0 Å². The van der Waals surface area contributed by atoms with E-state index in [9.17, 15) is 0 Å². The van der Waals surface area contributed by atoms with Gasteiger partial charge in [-0.1, -0.05) is 0 Å². The molecular formula is C8H15NOSi. The van der Waals surface area contributed by atoms with Crippen LogP contribution in [0.2, 0.25) is 13.1 Å². The molecule has 62 valence electrons. The Morgan fingerprint density at radius 3 is 2.45 bits per heavy atom. The summed E-state index contributed by atoms with van der Waals surface area (Å²) in [5.41, 5.74) is 0. The van der Waals surface area contributed by atoms with Crippen LogP contribution in [0.1, 0.15) is 0 Å². The van der Waals surface area contributed by atoms with Gasteiger partial charge >= 0.3 is 0 Å².